The predicted molar refractivity (Wildman–Crippen MR) is 104 cm³/mol. The fraction of sp³-hybridized carbons (Fsp3) is 0.905. The molecule has 3 aliphatic rings. The molecule has 0 bridgehead atoms. The van der Waals surface area contributed by atoms with E-state index in [9.17, 15) is 4.79 Å². The molecule has 0 N–H and O–H groups in total. The molecule has 5 nitrogen and oxygen atoms in total. The quantitative estimate of drug-likeness (QED) is 0.708. The summed E-state index contributed by atoms with van der Waals surface area (Å²) in [5, 5.41) is 0. The summed E-state index contributed by atoms with van der Waals surface area (Å²) in [6.07, 6.45) is 8.15. The van der Waals surface area contributed by atoms with Crippen molar-refractivity contribution in [1.82, 2.24) is 4.90 Å². The summed E-state index contributed by atoms with van der Waals surface area (Å²) in [5.74, 6) is 1.60. The third kappa shape index (κ3) is 4.17. The summed E-state index contributed by atoms with van der Waals surface area (Å²) in [6, 6.07) is 0. The fourth-order valence-electron chi connectivity index (χ4n) is 4.71. The number of amides is 1. The summed E-state index contributed by atoms with van der Waals surface area (Å²) in [6.45, 7) is 12.2. The molecule has 2 heterocycles. The topological polar surface area (TPSA) is 51.1 Å². The Morgan fingerprint density at radius 3 is 2.27 bits per heavy atom. The number of aliphatic imine (C=N–C) groups is 1. The zero-order valence-electron chi connectivity index (χ0n) is 17.3. The van der Waals surface area contributed by atoms with E-state index in [1.165, 1.54) is 32.1 Å². The highest BCUT2D eigenvalue weighted by molar-refractivity contribution is 5.85. The van der Waals surface area contributed by atoms with Crippen LogP contribution >= 0.6 is 0 Å². The molecule has 0 aromatic heterocycles. The lowest BCUT2D eigenvalue weighted by Gasteiger charge is -2.47. The first kappa shape index (κ1) is 19.5. The Labute approximate surface area is 158 Å². The van der Waals surface area contributed by atoms with E-state index in [1.54, 1.807) is 0 Å². The Hall–Kier alpha value is -1.26. The molecule has 1 amide bonds. The zero-order chi connectivity index (χ0) is 19.0. The molecule has 3 rings (SSSR count). The van der Waals surface area contributed by atoms with Crippen LogP contribution in [0.15, 0.2) is 4.99 Å². The average molecular weight is 365 g/mol. The van der Waals surface area contributed by atoms with Crippen molar-refractivity contribution in [2.24, 2.45) is 16.3 Å². The van der Waals surface area contributed by atoms with Crippen LogP contribution < -0.4 is 0 Å². The van der Waals surface area contributed by atoms with Gasteiger partial charge in [0.1, 0.15) is 12.2 Å². The maximum absolute atomic E-state index is 12.5. The first-order valence-electron chi connectivity index (χ1n) is 10.3. The van der Waals surface area contributed by atoms with Crippen molar-refractivity contribution in [3.05, 3.63) is 0 Å². The molecule has 1 saturated carbocycles. The molecule has 0 aromatic carbocycles. The van der Waals surface area contributed by atoms with Crippen molar-refractivity contribution >= 4 is 12.0 Å². The summed E-state index contributed by atoms with van der Waals surface area (Å²) < 4.78 is 11.7. The van der Waals surface area contributed by atoms with Gasteiger partial charge < -0.3 is 14.4 Å². The monoisotopic (exact) mass is 364 g/mol. The van der Waals surface area contributed by atoms with Crippen molar-refractivity contribution < 1.29 is 14.3 Å². The Kier molecular flexibility index (Phi) is 5.28. The van der Waals surface area contributed by atoms with Crippen LogP contribution in [-0.4, -0.2) is 47.7 Å². The smallest absolute Gasteiger partial charge is 0.410 e. The average Bonchev–Trinajstić information content (AvgIpc) is 2.94. The molecule has 1 aliphatic carbocycles. The van der Waals surface area contributed by atoms with Gasteiger partial charge >= 0.3 is 6.09 Å². The number of hydrogen-bond acceptors (Lipinski definition) is 4. The van der Waals surface area contributed by atoms with Gasteiger partial charge in [0.2, 0.25) is 0 Å². The number of hydrogen-bond donors (Lipinski definition) is 0. The molecule has 0 atom stereocenters. The van der Waals surface area contributed by atoms with Gasteiger partial charge in [0.05, 0.1) is 11.0 Å². The first-order valence-corrected chi connectivity index (χ1v) is 10.3. The molecule has 0 radical (unpaired) electrons. The van der Waals surface area contributed by atoms with Gasteiger partial charge in [0.15, 0.2) is 5.90 Å². The summed E-state index contributed by atoms with van der Waals surface area (Å²) in [4.78, 5) is 19.3. The second-order valence-corrected chi connectivity index (χ2v) is 9.98. The molecule has 26 heavy (non-hydrogen) atoms. The minimum Gasteiger partial charge on any atom is -0.478 e. The van der Waals surface area contributed by atoms with E-state index in [0.29, 0.717) is 12.5 Å². The number of carbonyl (C=O) groups is 1. The van der Waals surface area contributed by atoms with Crippen LogP contribution in [-0.2, 0) is 9.47 Å². The van der Waals surface area contributed by atoms with Gasteiger partial charge in [-0.05, 0) is 66.2 Å². The lowest BCUT2D eigenvalue weighted by Crippen LogP contribution is -2.51. The van der Waals surface area contributed by atoms with Gasteiger partial charge in [0, 0.05) is 13.1 Å². The molecule has 1 saturated heterocycles. The molecule has 0 unspecified atom stereocenters. The van der Waals surface area contributed by atoms with Gasteiger partial charge in [-0.3, -0.25) is 0 Å². The number of ether oxygens (including phenoxy) is 2. The number of nitrogens with zero attached hydrogens (tertiary/aromatic N) is 2. The highest BCUT2D eigenvalue weighted by Crippen LogP contribution is 2.49. The van der Waals surface area contributed by atoms with Crippen molar-refractivity contribution in [3.8, 4) is 0 Å². The van der Waals surface area contributed by atoms with Crippen LogP contribution in [0.3, 0.4) is 0 Å². The molecule has 148 valence electrons. The van der Waals surface area contributed by atoms with Crippen LogP contribution in [0.1, 0.15) is 79.6 Å². The van der Waals surface area contributed by atoms with Crippen molar-refractivity contribution in [3.63, 3.8) is 0 Å². The molecule has 0 aromatic rings. The maximum atomic E-state index is 12.5. The Morgan fingerprint density at radius 1 is 1.15 bits per heavy atom. The van der Waals surface area contributed by atoms with Gasteiger partial charge in [-0.25, -0.2) is 9.79 Å². The number of piperidine rings is 1. The molecule has 2 aliphatic heterocycles. The van der Waals surface area contributed by atoms with Gasteiger partial charge in [-0.15, -0.1) is 0 Å². The normalized spacial score (nSPS) is 26.2. The van der Waals surface area contributed by atoms with Crippen LogP contribution in [0.2, 0.25) is 0 Å². The fourth-order valence-corrected chi connectivity index (χ4v) is 4.71. The van der Waals surface area contributed by atoms with E-state index in [4.69, 9.17) is 14.5 Å². The third-order valence-electron chi connectivity index (χ3n) is 6.09. The number of rotatable bonds is 2. The Morgan fingerprint density at radius 2 is 1.77 bits per heavy atom. The highest BCUT2D eigenvalue weighted by atomic mass is 16.6. The molecule has 5 heteroatoms. The first-order chi connectivity index (χ1) is 12.1. The van der Waals surface area contributed by atoms with E-state index < -0.39 is 5.60 Å². The Bertz CT molecular complexity index is 548. The van der Waals surface area contributed by atoms with Crippen molar-refractivity contribution in [1.29, 1.82) is 0 Å². The molecular weight excluding hydrogens is 328 g/mol. The van der Waals surface area contributed by atoms with E-state index >= 15 is 0 Å². The SMILES string of the molecule is CC1(C)COC(C2(C3CCCCC3)CCN(C(=O)OC(C)(C)C)CC2)=N1. The van der Waals surface area contributed by atoms with Gasteiger partial charge in [-0.1, -0.05) is 19.3 Å². The highest BCUT2D eigenvalue weighted by Gasteiger charge is 2.50. The third-order valence-corrected chi connectivity index (χ3v) is 6.09. The number of carbonyl (C=O) groups excluding carboxylic acids is 1. The second kappa shape index (κ2) is 7.05. The molecular formula is C21H36N2O3. The summed E-state index contributed by atoms with van der Waals surface area (Å²) in [5.41, 5.74) is -0.566. The summed E-state index contributed by atoms with van der Waals surface area (Å²) >= 11 is 0. The predicted octanol–water partition coefficient (Wildman–Crippen LogP) is 4.79. The van der Waals surface area contributed by atoms with Crippen LogP contribution in [0.4, 0.5) is 4.79 Å². The maximum Gasteiger partial charge on any atom is 0.410 e. The minimum atomic E-state index is -0.447. The standard InChI is InChI=1S/C21H36N2O3/c1-19(2,3)26-18(24)23-13-11-21(12-14-23,16-9-7-6-8-10-16)17-22-20(4,5)15-25-17/h16H,6-15H2,1-5H3. The van der Waals surface area contributed by atoms with E-state index in [0.717, 1.165) is 31.8 Å². The van der Waals surface area contributed by atoms with Crippen LogP contribution in [0.25, 0.3) is 0 Å². The van der Waals surface area contributed by atoms with Gasteiger partial charge in [-0.2, -0.15) is 0 Å². The second-order valence-electron chi connectivity index (χ2n) is 9.98. The van der Waals surface area contributed by atoms with Crippen LogP contribution in [0, 0.1) is 11.3 Å². The van der Waals surface area contributed by atoms with E-state index in [1.807, 2.05) is 25.7 Å². The Balaban J connectivity index is 1.76. The van der Waals surface area contributed by atoms with E-state index in [-0.39, 0.29) is 17.0 Å². The summed E-state index contributed by atoms with van der Waals surface area (Å²) in [7, 11) is 0. The largest absolute Gasteiger partial charge is 0.478 e. The zero-order valence-corrected chi connectivity index (χ0v) is 17.3. The molecule has 0 spiro atoms. The van der Waals surface area contributed by atoms with Crippen molar-refractivity contribution in [2.45, 2.75) is 90.7 Å². The van der Waals surface area contributed by atoms with E-state index in [2.05, 4.69) is 13.8 Å². The minimum absolute atomic E-state index is 0.00665. The van der Waals surface area contributed by atoms with Gasteiger partial charge in [0.25, 0.3) is 0 Å². The lowest BCUT2D eigenvalue weighted by atomic mass is 9.63. The lowest BCUT2D eigenvalue weighted by molar-refractivity contribution is 0.00565. The van der Waals surface area contributed by atoms with Crippen molar-refractivity contribution in [2.75, 3.05) is 19.7 Å². The molecule has 2 fully saturated rings. The number of likely N-dealkylation sites (tertiary alicyclic amines) is 1. The van der Waals surface area contributed by atoms with Crippen LogP contribution in [0.5, 0.6) is 0 Å².